The number of halogens is 2. The first-order valence-electron chi connectivity index (χ1n) is 10.7. The normalized spacial score (nSPS) is 24.1. The SMILES string of the molecule is CN1CC(NC2CCOCC2)CCCC(C(=O)NCc2cc(F)cc(F)c2)CC1=O. The summed E-state index contributed by atoms with van der Waals surface area (Å²) in [7, 11) is 1.77. The van der Waals surface area contributed by atoms with Gasteiger partial charge in [0.25, 0.3) is 0 Å². The molecule has 2 fully saturated rings. The average molecular weight is 424 g/mol. The van der Waals surface area contributed by atoms with Crippen molar-refractivity contribution in [3.05, 3.63) is 35.4 Å². The van der Waals surface area contributed by atoms with Crippen LogP contribution in [0.1, 0.15) is 44.1 Å². The van der Waals surface area contributed by atoms with Crippen LogP contribution in [0.5, 0.6) is 0 Å². The van der Waals surface area contributed by atoms with Crippen LogP contribution in [0.15, 0.2) is 18.2 Å². The third kappa shape index (κ3) is 6.74. The van der Waals surface area contributed by atoms with Gasteiger partial charge in [-0.2, -0.15) is 0 Å². The summed E-state index contributed by atoms with van der Waals surface area (Å²) in [6.07, 6.45) is 4.40. The minimum absolute atomic E-state index is 0.0297. The van der Waals surface area contributed by atoms with Gasteiger partial charge in [-0.05, 0) is 43.4 Å². The highest BCUT2D eigenvalue weighted by molar-refractivity contribution is 5.85. The largest absolute Gasteiger partial charge is 0.381 e. The molecule has 30 heavy (non-hydrogen) atoms. The van der Waals surface area contributed by atoms with E-state index in [1.54, 1.807) is 11.9 Å². The van der Waals surface area contributed by atoms with Gasteiger partial charge in [0.15, 0.2) is 0 Å². The Balaban J connectivity index is 1.55. The first kappa shape index (κ1) is 22.6. The first-order valence-corrected chi connectivity index (χ1v) is 10.7. The van der Waals surface area contributed by atoms with Crippen molar-refractivity contribution in [1.29, 1.82) is 0 Å². The first-order chi connectivity index (χ1) is 14.4. The van der Waals surface area contributed by atoms with Crippen LogP contribution >= 0.6 is 0 Å². The monoisotopic (exact) mass is 423 g/mol. The van der Waals surface area contributed by atoms with E-state index in [0.29, 0.717) is 24.6 Å². The molecule has 0 spiro atoms. The molecule has 2 amide bonds. The summed E-state index contributed by atoms with van der Waals surface area (Å²) in [4.78, 5) is 27.0. The maximum absolute atomic E-state index is 13.3. The van der Waals surface area contributed by atoms with Crippen molar-refractivity contribution in [3.63, 3.8) is 0 Å². The quantitative estimate of drug-likeness (QED) is 0.763. The van der Waals surface area contributed by atoms with Crippen LogP contribution in [0.25, 0.3) is 0 Å². The molecule has 166 valence electrons. The highest BCUT2D eigenvalue weighted by Crippen LogP contribution is 2.20. The maximum Gasteiger partial charge on any atom is 0.223 e. The van der Waals surface area contributed by atoms with E-state index >= 15 is 0 Å². The molecule has 0 bridgehead atoms. The van der Waals surface area contributed by atoms with Gasteiger partial charge in [0, 0.05) is 63.8 Å². The van der Waals surface area contributed by atoms with Gasteiger partial charge in [-0.25, -0.2) is 8.78 Å². The molecule has 2 aliphatic heterocycles. The molecule has 0 saturated carbocycles. The fourth-order valence-electron chi connectivity index (χ4n) is 4.21. The van der Waals surface area contributed by atoms with Gasteiger partial charge in [-0.15, -0.1) is 0 Å². The molecule has 2 heterocycles. The Morgan fingerprint density at radius 3 is 2.50 bits per heavy atom. The average Bonchev–Trinajstić information content (AvgIpc) is 2.76. The minimum atomic E-state index is -0.679. The number of hydrogen-bond donors (Lipinski definition) is 2. The second-order valence-corrected chi connectivity index (χ2v) is 8.35. The molecular formula is C22H31F2N3O3. The van der Waals surface area contributed by atoms with Crippen molar-refractivity contribution in [3.8, 4) is 0 Å². The van der Waals surface area contributed by atoms with E-state index in [1.807, 2.05) is 0 Å². The number of amides is 2. The molecule has 3 rings (SSSR count). The van der Waals surface area contributed by atoms with Gasteiger partial charge in [0.2, 0.25) is 11.8 Å². The number of ether oxygens (including phenoxy) is 1. The van der Waals surface area contributed by atoms with Gasteiger partial charge in [0.05, 0.1) is 0 Å². The van der Waals surface area contributed by atoms with Gasteiger partial charge in [-0.1, -0.05) is 6.42 Å². The lowest BCUT2D eigenvalue weighted by atomic mass is 9.96. The van der Waals surface area contributed by atoms with Gasteiger partial charge in [0.1, 0.15) is 11.6 Å². The Hall–Kier alpha value is -2.06. The van der Waals surface area contributed by atoms with Crippen LogP contribution in [0.2, 0.25) is 0 Å². The minimum Gasteiger partial charge on any atom is -0.381 e. The standard InChI is InChI=1S/C22H31F2N3O3/c1-27-14-20(26-19-5-7-30-8-6-19)4-2-3-16(11-21(27)28)22(29)25-13-15-9-17(23)12-18(24)10-15/h9-10,12,16,19-20,26H,2-8,11,13-14H2,1H3,(H,25,29). The van der Waals surface area contributed by atoms with E-state index in [0.717, 1.165) is 45.0 Å². The molecule has 2 unspecified atom stereocenters. The van der Waals surface area contributed by atoms with Crippen LogP contribution in [-0.2, 0) is 20.9 Å². The van der Waals surface area contributed by atoms with E-state index in [-0.39, 0.29) is 30.8 Å². The molecule has 0 aliphatic carbocycles. The molecular weight excluding hydrogens is 392 g/mol. The van der Waals surface area contributed by atoms with Crippen molar-refractivity contribution in [2.75, 3.05) is 26.8 Å². The van der Waals surface area contributed by atoms with Gasteiger partial charge in [-0.3, -0.25) is 9.59 Å². The Labute approximate surface area is 176 Å². The lowest BCUT2D eigenvalue weighted by Gasteiger charge is -2.30. The Morgan fingerprint density at radius 2 is 1.80 bits per heavy atom. The lowest BCUT2D eigenvalue weighted by Crippen LogP contribution is -2.47. The number of likely N-dealkylation sites (N-methyl/N-ethyl adjacent to an activating group) is 1. The fraction of sp³-hybridized carbons (Fsp3) is 0.636. The van der Waals surface area contributed by atoms with E-state index in [9.17, 15) is 18.4 Å². The summed E-state index contributed by atoms with van der Waals surface area (Å²) in [5.74, 6) is -2.12. The molecule has 1 aromatic carbocycles. The van der Waals surface area contributed by atoms with E-state index in [4.69, 9.17) is 4.74 Å². The van der Waals surface area contributed by atoms with Crippen molar-refractivity contribution in [2.45, 2.75) is 57.2 Å². The Kier molecular flexibility index (Phi) is 8.16. The van der Waals surface area contributed by atoms with Crippen molar-refractivity contribution < 1.29 is 23.1 Å². The summed E-state index contributed by atoms with van der Waals surface area (Å²) in [6, 6.07) is 3.77. The summed E-state index contributed by atoms with van der Waals surface area (Å²) >= 11 is 0. The zero-order chi connectivity index (χ0) is 21.5. The zero-order valence-corrected chi connectivity index (χ0v) is 17.5. The lowest BCUT2D eigenvalue weighted by molar-refractivity contribution is -0.135. The highest BCUT2D eigenvalue weighted by Gasteiger charge is 2.28. The molecule has 2 atom stereocenters. The second kappa shape index (κ2) is 10.8. The smallest absolute Gasteiger partial charge is 0.223 e. The number of hydrogen-bond acceptors (Lipinski definition) is 4. The van der Waals surface area contributed by atoms with E-state index < -0.39 is 17.6 Å². The summed E-state index contributed by atoms with van der Waals surface area (Å²) in [5.41, 5.74) is 0.355. The predicted molar refractivity (Wildman–Crippen MR) is 109 cm³/mol. The second-order valence-electron chi connectivity index (χ2n) is 8.35. The Morgan fingerprint density at radius 1 is 1.10 bits per heavy atom. The van der Waals surface area contributed by atoms with Crippen LogP contribution in [-0.4, -0.2) is 55.6 Å². The summed E-state index contributed by atoms with van der Waals surface area (Å²) in [5, 5.41) is 6.39. The number of benzene rings is 1. The molecule has 2 N–H and O–H groups in total. The number of nitrogens with one attached hydrogen (secondary N) is 2. The maximum atomic E-state index is 13.3. The van der Waals surface area contributed by atoms with Crippen LogP contribution < -0.4 is 10.6 Å². The third-order valence-electron chi connectivity index (χ3n) is 5.90. The van der Waals surface area contributed by atoms with Crippen LogP contribution in [0.4, 0.5) is 8.78 Å². The van der Waals surface area contributed by atoms with Crippen molar-refractivity contribution >= 4 is 11.8 Å². The number of carbonyl (C=O) groups is 2. The van der Waals surface area contributed by atoms with Crippen LogP contribution in [0.3, 0.4) is 0 Å². The molecule has 8 heteroatoms. The van der Waals surface area contributed by atoms with E-state index in [2.05, 4.69) is 10.6 Å². The van der Waals surface area contributed by atoms with Crippen molar-refractivity contribution in [2.24, 2.45) is 5.92 Å². The number of rotatable bonds is 5. The van der Waals surface area contributed by atoms with Gasteiger partial charge < -0.3 is 20.3 Å². The third-order valence-corrected chi connectivity index (χ3v) is 5.90. The molecule has 0 radical (unpaired) electrons. The predicted octanol–water partition coefficient (Wildman–Crippen LogP) is 2.37. The molecule has 2 aliphatic rings. The number of carbonyl (C=O) groups excluding carboxylic acids is 2. The van der Waals surface area contributed by atoms with Gasteiger partial charge >= 0.3 is 0 Å². The van der Waals surface area contributed by atoms with Crippen molar-refractivity contribution in [1.82, 2.24) is 15.5 Å². The molecule has 6 nitrogen and oxygen atoms in total. The summed E-state index contributed by atoms with van der Waals surface area (Å²) in [6.45, 7) is 2.17. The van der Waals surface area contributed by atoms with E-state index in [1.165, 1.54) is 12.1 Å². The van der Waals surface area contributed by atoms with Crippen LogP contribution in [0, 0.1) is 17.6 Å². The fourth-order valence-corrected chi connectivity index (χ4v) is 4.21. The number of nitrogens with zero attached hydrogens (tertiary/aromatic N) is 1. The molecule has 0 aromatic heterocycles. The molecule has 1 aromatic rings. The topological polar surface area (TPSA) is 70.7 Å². The summed E-state index contributed by atoms with van der Waals surface area (Å²) < 4.78 is 32.1. The molecule has 2 saturated heterocycles. The zero-order valence-electron chi connectivity index (χ0n) is 17.5. The highest BCUT2D eigenvalue weighted by atomic mass is 19.1. The Bertz CT molecular complexity index is 720.